The molecule has 3 heterocycles. The van der Waals surface area contributed by atoms with E-state index in [1.807, 2.05) is 0 Å². The first-order chi connectivity index (χ1) is 14.4. The molecule has 0 radical (unpaired) electrons. The fourth-order valence-electron chi connectivity index (χ4n) is 4.32. The van der Waals surface area contributed by atoms with Crippen molar-refractivity contribution in [3.05, 3.63) is 107 Å². The summed E-state index contributed by atoms with van der Waals surface area (Å²) < 4.78 is 0. The van der Waals surface area contributed by atoms with Crippen LogP contribution in [0.3, 0.4) is 0 Å². The van der Waals surface area contributed by atoms with E-state index in [2.05, 4.69) is 113 Å². The molecule has 8 bridgehead atoms. The molecular formula is C28H26N2. The minimum absolute atomic E-state index is 0.218. The lowest BCUT2D eigenvalue weighted by Gasteiger charge is -2.28. The predicted octanol–water partition coefficient (Wildman–Crippen LogP) is 6.78. The van der Waals surface area contributed by atoms with Gasteiger partial charge in [0.15, 0.2) is 0 Å². The molecule has 0 N–H and O–H groups in total. The zero-order valence-corrected chi connectivity index (χ0v) is 18.0. The van der Waals surface area contributed by atoms with Crippen molar-refractivity contribution in [2.75, 3.05) is 0 Å². The van der Waals surface area contributed by atoms with Crippen molar-refractivity contribution in [2.24, 2.45) is 0 Å². The summed E-state index contributed by atoms with van der Waals surface area (Å²) in [5.41, 5.74) is 8.47. The zero-order valence-electron chi connectivity index (χ0n) is 18.0. The molecule has 30 heavy (non-hydrogen) atoms. The second-order valence-electron chi connectivity index (χ2n) is 9.23. The molecule has 4 aromatic rings. The highest BCUT2D eigenvalue weighted by atomic mass is 14.8. The van der Waals surface area contributed by atoms with Gasteiger partial charge in [0.05, 0.1) is 22.8 Å². The highest BCUT2D eigenvalue weighted by Gasteiger charge is 2.28. The summed E-state index contributed by atoms with van der Waals surface area (Å²) in [6.45, 7) is 8.97. The zero-order chi connectivity index (χ0) is 20.9. The van der Waals surface area contributed by atoms with Crippen LogP contribution in [0.5, 0.6) is 0 Å². The van der Waals surface area contributed by atoms with E-state index in [4.69, 9.17) is 9.97 Å². The Hall–Kier alpha value is -3.26. The Balaban J connectivity index is 1.85. The Bertz CT molecular complexity index is 1060. The number of fused-ring (bicyclic) bond motifs is 10. The van der Waals surface area contributed by atoms with Gasteiger partial charge in [-0.05, 0) is 46.5 Å². The quantitative estimate of drug-likeness (QED) is 0.331. The molecule has 0 spiro atoms. The molecule has 0 amide bonds. The highest BCUT2D eigenvalue weighted by Crippen LogP contribution is 2.37. The van der Waals surface area contributed by atoms with Gasteiger partial charge in [0, 0.05) is 10.8 Å². The SMILES string of the molecule is CC1(C)c2cccc(c2)-c2cccc(c2)C(C)(C)c2cccc(n2)-c2cccc1n2. The molecule has 148 valence electrons. The van der Waals surface area contributed by atoms with Crippen molar-refractivity contribution in [1.29, 1.82) is 0 Å². The van der Waals surface area contributed by atoms with Gasteiger partial charge in [-0.1, -0.05) is 88.4 Å². The first kappa shape index (κ1) is 18.7. The molecule has 1 aliphatic rings. The van der Waals surface area contributed by atoms with Gasteiger partial charge in [-0.15, -0.1) is 0 Å². The minimum atomic E-state index is -0.218. The van der Waals surface area contributed by atoms with Crippen LogP contribution in [0.25, 0.3) is 22.5 Å². The second-order valence-corrected chi connectivity index (χ2v) is 9.23. The third-order valence-electron chi connectivity index (χ3n) is 6.54. The Morgan fingerprint density at radius 3 is 1.33 bits per heavy atom. The standard InChI is InChI=1S/C28H26N2/c1-27(2)21-11-5-9-19(17-21)20-10-6-12-22(18-20)28(3,4)26-16-8-14-24(30-26)23-13-7-15-25(27)29-23/h5-18H,1-4H3. The number of hydrogen-bond acceptors (Lipinski definition) is 2. The predicted molar refractivity (Wildman–Crippen MR) is 124 cm³/mol. The molecule has 0 unspecified atom stereocenters. The van der Waals surface area contributed by atoms with Crippen molar-refractivity contribution in [1.82, 2.24) is 9.97 Å². The first-order valence-corrected chi connectivity index (χ1v) is 10.5. The van der Waals surface area contributed by atoms with Gasteiger partial charge in [0.25, 0.3) is 0 Å². The number of pyridine rings is 2. The summed E-state index contributed by atoms with van der Waals surface area (Å²) in [6.07, 6.45) is 0. The van der Waals surface area contributed by atoms with Crippen molar-refractivity contribution in [3.8, 4) is 22.5 Å². The summed E-state index contributed by atoms with van der Waals surface area (Å²) in [5, 5.41) is 0. The maximum Gasteiger partial charge on any atom is 0.0889 e. The van der Waals surface area contributed by atoms with Gasteiger partial charge in [-0.3, -0.25) is 9.97 Å². The summed E-state index contributed by atoms with van der Waals surface area (Å²) in [6, 6.07) is 30.3. The maximum absolute atomic E-state index is 5.05. The van der Waals surface area contributed by atoms with Crippen LogP contribution >= 0.6 is 0 Å². The average Bonchev–Trinajstić information content (AvgIpc) is 2.79. The van der Waals surface area contributed by atoms with Crippen LogP contribution in [0.4, 0.5) is 0 Å². The third-order valence-corrected chi connectivity index (χ3v) is 6.54. The highest BCUT2D eigenvalue weighted by molar-refractivity contribution is 5.67. The van der Waals surface area contributed by atoms with Gasteiger partial charge in [0.2, 0.25) is 0 Å². The number of rotatable bonds is 0. The molecule has 0 saturated carbocycles. The van der Waals surface area contributed by atoms with E-state index in [1.54, 1.807) is 0 Å². The molecule has 5 rings (SSSR count). The van der Waals surface area contributed by atoms with E-state index in [0.29, 0.717) is 0 Å². The van der Waals surface area contributed by atoms with E-state index >= 15 is 0 Å². The van der Waals surface area contributed by atoms with Gasteiger partial charge < -0.3 is 0 Å². The lowest BCUT2D eigenvalue weighted by Crippen LogP contribution is -2.22. The summed E-state index contributed by atoms with van der Waals surface area (Å²) in [7, 11) is 0. The molecule has 0 saturated heterocycles. The van der Waals surface area contributed by atoms with Gasteiger partial charge in [-0.25, -0.2) is 0 Å². The fraction of sp³-hybridized carbons (Fsp3) is 0.214. The monoisotopic (exact) mass is 390 g/mol. The lowest BCUT2D eigenvalue weighted by atomic mass is 9.78. The Kier molecular flexibility index (Phi) is 4.14. The summed E-state index contributed by atoms with van der Waals surface area (Å²) in [5.74, 6) is 0. The van der Waals surface area contributed by atoms with Crippen LogP contribution < -0.4 is 0 Å². The molecule has 0 atom stereocenters. The van der Waals surface area contributed by atoms with Crippen LogP contribution in [-0.4, -0.2) is 9.97 Å². The van der Waals surface area contributed by atoms with Crippen LogP contribution in [0.1, 0.15) is 50.2 Å². The largest absolute Gasteiger partial charge is 0.250 e. The molecule has 0 aliphatic carbocycles. The molecule has 2 aromatic carbocycles. The van der Waals surface area contributed by atoms with E-state index in [-0.39, 0.29) is 10.8 Å². The van der Waals surface area contributed by atoms with E-state index in [0.717, 1.165) is 22.8 Å². The van der Waals surface area contributed by atoms with Crippen molar-refractivity contribution in [3.63, 3.8) is 0 Å². The maximum atomic E-state index is 5.05. The normalized spacial score (nSPS) is 15.9. The molecular weight excluding hydrogens is 364 g/mol. The smallest absolute Gasteiger partial charge is 0.0889 e. The van der Waals surface area contributed by atoms with Crippen LogP contribution in [0.15, 0.2) is 84.9 Å². The van der Waals surface area contributed by atoms with Gasteiger partial charge >= 0.3 is 0 Å². The second kappa shape index (κ2) is 6.63. The van der Waals surface area contributed by atoms with Crippen molar-refractivity contribution < 1.29 is 0 Å². The van der Waals surface area contributed by atoms with E-state index < -0.39 is 0 Å². The Labute approximate surface area is 178 Å². The van der Waals surface area contributed by atoms with Gasteiger partial charge in [0.1, 0.15) is 0 Å². The van der Waals surface area contributed by atoms with Crippen LogP contribution in [0, 0.1) is 0 Å². The topological polar surface area (TPSA) is 25.8 Å². The van der Waals surface area contributed by atoms with Gasteiger partial charge in [-0.2, -0.15) is 0 Å². The first-order valence-electron chi connectivity index (χ1n) is 10.5. The van der Waals surface area contributed by atoms with Crippen LogP contribution in [0.2, 0.25) is 0 Å². The average molecular weight is 391 g/mol. The van der Waals surface area contributed by atoms with E-state index in [1.165, 1.54) is 22.3 Å². The third kappa shape index (κ3) is 2.95. The summed E-state index contributed by atoms with van der Waals surface area (Å²) in [4.78, 5) is 10.1. The molecule has 2 heteroatoms. The number of benzene rings is 2. The lowest BCUT2D eigenvalue weighted by molar-refractivity contribution is 0.613. The Morgan fingerprint density at radius 2 is 0.900 bits per heavy atom. The van der Waals surface area contributed by atoms with Crippen molar-refractivity contribution in [2.45, 2.75) is 38.5 Å². The summed E-state index contributed by atoms with van der Waals surface area (Å²) >= 11 is 0. The number of nitrogens with zero attached hydrogens (tertiary/aromatic N) is 2. The number of aromatic nitrogens is 2. The molecule has 2 nitrogen and oxygen atoms in total. The Morgan fingerprint density at radius 1 is 0.500 bits per heavy atom. The minimum Gasteiger partial charge on any atom is -0.250 e. The molecule has 1 aliphatic heterocycles. The van der Waals surface area contributed by atoms with E-state index in [9.17, 15) is 0 Å². The molecule has 2 aromatic heterocycles. The number of hydrogen-bond donors (Lipinski definition) is 0. The molecule has 0 fully saturated rings. The van der Waals surface area contributed by atoms with Crippen LogP contribution in [-0.2, 0) is 10.8 Å². The van der Waals surface area contributed by atoms with Crippen molar-refractivity contribution >= 4 is 0 Å². The fourth-order valence-corrected chi connectivity index (χ4v) is 4.32.